The van der Waals surface area contributed by atoms with Gasteiger partial charge in [-0.05, 0) is 116 Å². The molecule has 6 nitrogen and oxygen atoms in total. The maximum atomic E-state index is 12.8. The van der Waals surface area contributed by atoms with E-state index in [1.807, 2.05) is 0 Å². The largest absolute Gasteiger partial charge is 0.462 e. The Hall–Kier alpha value is -3.93. The molecule has 0 amide bonds. The Kier molecular flexibility index (Phi) is 53.4. The summed E-state index contributed by atoms with van der Waals surface area (Å²) in [5.41, 5.74) is 0. The molecule has 1 unspecified atom stereocenters. The molecule has 0 heterocycles. The Bertz CT molecular complexity index is 1420. The van der Waals surface area contributed by atoms with Crippen LogP contribution in [0.5, 0.6) is 0 Å². The van der Waals surface area contributed by atoms with Crippen LogP contribution in [0.1, 0.15) is 252 Å². The Balaban J connectivity index is 4.51. The normalized spacial score (nSPS) is 12.9. The van der Waals surface area contributed by atoms with Gasteiger partial charge in [0.05, 0.1) is 0 Å². The summed E-state index contributed by atoms with van der Waals surface area (Å²) in [7, 11) is 0. The topological polar surface area (TPSA) is 78.9 Å². The van der Waals surface area contributed by atoms with Crippen molar-refractivity contribution in [3.63, 3.8) is 0 Å². The van der Waals surface area contributed by atoms with Crippen LogP contribution in [0.25, 0.3) is 0 Å². The van der Waals surface area contributed by atoms with Crippen molar-refractivity contribution in [2.75, 3.05) is 13.2 Å². The van der Waals surface area contributed by atoms with E-state index in [0.29, 0.717) is 19.3 Å². The van der Waals surface area contributed by atoms with E-state index in [0.717, 1.165) is 109 Å². The van der Waals surface area contributed by atoms with Gasteiger partial charge in [-0.15, -0.1) is 0 Å². The molecular formula is C63H104O6. The summed E-state index contributed by atoms with van der Waals surface area (Å²) in [6.45, 7) is 6.43. The first kappa shape index (κ1) is 65.1. The SMILES string of the molecule is CC/C=C\C/C=C\C/C=C\C/C=C\CCCCCCCCC(=O)OCC(COC(=O)CCCCCCCC/C=C\C=C/CCCCC)OC(=O)CCC/C=C\C/C=C\C/C=C\CCCCCCCC. The molecular weight excluding hydrogens is 853 g/mol. The third-order valence-electron chi connectivity index (χ3n) is 11.8. The molecule has 0 fully saturated rings. The first-order valence-corrected chi connectivity index (χ1v) is 28.4. The Morgan fingerprint density at radius 2 is 0.623 bits per heavy atom. The number of allylic oxidation sites excluding steroid dienone is 18. The van der Waals surface area contributed by atoms with Crippen molar-refractivity contribution in [2.45, 2.75) is 258 Å². The summed E-state index contributed by atoms with van der Waals surface area (Å²) in [6, 6.07) is 0. The average Bonchev–Trinajstić information content (AvgIpc) is 3.35. The zero-order chi connectivity index (χ0) is 50.0. The summed E-state index contributed by atoms with van der Waals surface area (Å²) in [5.74, 6) is -0.989. The number of esters is 3. The van der Waals surface area contributed by atoms with E-state index in [2.05, 4.69) is 130 Å². The van der Waals surface area contributed by atoms with Crippen LogP contribution in [0.3, 0.4) is 0 Å². The summed E-state index contributed by atoms with van der Waals surface area (Å²) in [6.07, 6.45) is 76.5. The van der Waals surface area contributed by atoms with Crippen LogP contribution in [-0.4, -0.2) is 37.2 Å². The van der Waals surface area contributed by atoms with Crippen LogP contribution in [-0.2, 0) is 28.6 Å². The number of hydrogen-bond acceptors (Lipinski definition) is 6. The number of hydrogen-bond donors (Lipinski definition) is 0. The van der Waals surface area contributed by atoms with Gasteiger partial charge in [0.25, 0.3) is 0 Å². The van der Waals surface area contributed by atoms with Crippen molar-refractivity contribution in [1.82, 2.24) is 0 Å². The summed E-state index contributed by atoms with van der Waals surface area (Å²) in [5, 5.41) is 0. The zero-order valence-corrected chi connectivity index (χ0v) is 44.8. The fourth-order valence-corrected chi connectivity index (χ4v) is 7.50. The number of unbranched alkanes of at least 4 members (excludes halogenated alkanes) is 22. The highest BCUT2D eigenvalue weighted by Gasteiger charge is 2.19. The molecule has 0 aromatic rings. The molecule has 1 atom stereocenters. The monoisotopic (exact) mass is 957 g/mol. The number of carbonyl (C=O) groups is 3. The van der Waals surface area contributed by atoms with Gasteiger partial charge in [0.1, 0.15) is 13.2 Å². The summed E-state index contributed by atoms with van der Waals surface area (Å²) >= 11 is 0. The molecule has 6 heteroatoms. The van der Waals surface area contributed by atoms with E-state index in [1.54, 1.807) is 0 Å². The highest BCUT2D eigenvalue weighted by atomic mass is 16.6. The Labute approximate surface area is 425 Å². The minimum absolute atomic E-state index is 0.110. The molecule has 69 heavy (non-hydrogen) atoms. The number of ether oxygens (including phenoxy) is 3. The molecule has 0 aromatic heterocycles. The zero-order valence-electron chi connectivity index (χ0n) is 44.8. The van der Waals surface area contributed by atoms with Gasteiger partial charge in [-0.3, -0.25) is 14.4 Å². The number of rotatable bonds is 50. The van der Waals surface area contributed by atoms with E-state index in [-0.39, 0.29) is 37.5 Å². The molecule has 392 valence electrons. The number of carbonyl (C=O) groups excluding carboxylic acids is 3. The van der Waals surface area contributed by atoms with E-state index >= 15 is 0 Å². The lowest BCUT2D eigenvalue weighted by molar-refractivity contribution is -0.167. The molecule has 0 aliphatic carbocycles. The van der Waals surface area contributed by atoms with Gasteiger partial charge in [0.2, 0.25) is 0 Å². The second-order valence-corrected chi connectivity index (χ2v) is 18.5. The molecule has 0 saturated carbocycles. The van der Waals surface area contributed by atoms with Gasteiger partial charge < -0.3 is 14.2 Å². The van der Waals surface area contributed by atoms with Crippen LogP contribution in [0.2, 0.25) is 0 Å². The predicted molar refractivity (Wildman–Crippen MR) is 297 cm³/mol. The van der Waals surface area contributed by atoms with E-state index in [1.165, 1.54) is 96.3 Å². The molecule has 0 N–H and O–H groups in total. The first-order valence-electron chi connectivity index (χ1n) is 28.4. The van der Waals surface area contributed by atoms with Crippen molar-refractivity contribution in [2.24, 2.45) is 0 Å². The van der Waals surface area contributed by atoms with Crippen LogP contribution >= 0.6 is 0 Å². The van der Waals surface area contributed by atoms with Crippen LogP contribution in [0, 0.1) is 0 Å². The molecule has 0 bridgehead atoms. The molecule has 0 spiro atoms. The van der Waals surface area contributed by atoms with Crippen molar-refractivity contribution in [3.05, 3.63) is 109 Å². The lowest BCUT2D eigenvalue weighted by Gasteiger charge is -2.18. The standard InChI is InChI=1S/C63H104O6/c1-4-7-10-13-16-19-22-25-28-30-31-33-35-38-41-44-47-50-53-56-62(65)68-59-60(58-67-61(64)55-52-49-46-43-40-37-34-27-24-21-18-15-12-9-6-3)69-63(66)57-54-51-48-45-42-39-36-32-29-26-23-20-17-14-11-8-5-2/h7,10,16,18-19,21,24-29,31,33,36,39,45,48,60H,4-6,8-9,11-15,17,20,22-23,30,32,34-35,37-38,40-44,46-47,49-59H2,1-3H3/b10-7-,19-16-,21-18-,27-24-,28-25-,29-26-,33-31-,39-36-,48-45-. The molecule has 0 aliphatic rings. The van der Waals surface area contributed by atoms with E-state index in [9.17, 15) is 14.4 Å². The minimum atomic E-state index is -0.818. The molecule has 0 rings (SSSR count). The van der Waals surface area contributed by atoms with Crippen molar-refractivity contribution < 1.29 is 28.6 Å². The molecule has 0 aliphatic heterocycles. The highest BCUT2D eigenvalue weighted by Crippen LogP contribution is 2.13. The third kappa shape index (κ3) is 54.9. The lowest BCUT2D eigenvalue weighted by Crippen LogP contribution is -2.30. The summed E-state index contributed by atoms with van der Waals surface area (Å²) in [4.78, 5) is 38.1. The lowest BCUT2D eigenvalue weighted by atomic mass is 10.1. The summed E-state index contributed by atoms with van der Waals surface area (Å²) < 4.78 is 16.8. The fraction of sp³-hybridized carbons (Fsp3) is 0.667. The van der Waals surface area contributed by atoms with Crippen molar-refractivity contribution in [3.8, 4) is 0 Å². The Morgan fingerprint density at radius 3 is 1.04 bits per heavy atom. The van der Waals surface area contributed by atoms with Gasteiger partial charge in [0.15, 0.2) is 6.10 Å². The van der Waals surface area contributed by atoms with Crippen LogP contribution in [0.15, 0.2) is 109 Å². The van der Waals surface area contributed by atoms with Gasteiger partial charge in [-0.2, -0.15) is 0 Å². The quantitative estimate of drug-likeness (QED) is 0.0199. The first-order chi connectivity index (χ1) is 34.0. The van der Waals surface area contributed by atoms with Crippen LogP contribution < -0.4 is 0 Å². The van der Waals surface area contributed by atoms with Gasteiger partial charge >= 0.3 is 17.9 Å². The minimum Gasteiger partial charge on any atom is -0.462 e. The second kappa shape index (κ2) is 56.7. The highest BCUT2D eigenvalue weighted by molar-refractivity contribution is 5.71. The van der Waals surface area contributed by atoms with Crippen LogP contribution in [0.4, 0.5) is 0 Å². The maximum absolute atomic E-state index is 12.8. The van der Waals surface area contributed by atoms with Crippen molar-refractivity contribution in [1.29, 1.82) is 0 Å². The molecule has 0 aromatic carbocycles. The molecule has 0 saturated heterocycles. The maximum Gasteiger partial charge on any atom is 0.306 e. The molecule has 0 radical (unpaired) electrons. The predicted octanol–water partition coefficient (Wildman–Crippen LogP) is 19.1. The van der Waals surface area contributed by atoms with Crippen molar-refractivity contribution >= 4 is 17.9 Å². The van der Waals surface area contributed by atoms with Gasteiger partial charge in [0, 0.05) is 19.3 Å². The Morgan fingerprint density at radius 1 is 0.319 bits per heavy atom. The fourth-order valence-electron chi connectivity index (χ4n) is 7.50. The average molecular weight is 958 g/mol. The second-order valence-electron chi connectivity index (χ2n) is 18.5. The smallest absolute Gasteiger partial charge is 0.306 e. The third-order valence-corrected chi connectivity index (χ3v) is 11.8. The van der Waals surface area contributed by atoms with Gasteiger partial charge in [-0.25, -0.2) is 0 Å². The van der Waals surface area contributed by atoms with E-state index in [4.69, 9.17) is 14.2 Å². The van der Waals surface area contributed by atoms with E-state index < -0.39 is 6.10 Å². The van der Waals surface area contributed by atoms with Gasteiger partial charge in [-0.1, -0.05) is 226 Å².